The molecule has 46 heavy (non-hydrogen) atoms. The summed E-state index contributed by atoms with van der Waals surface area (Å²) in [5.74, 6) is 0. The molecule has 0 N–H and O–H groups in total. The molecular formula is C43H29N3. The van der Waals surface area contributed by atoms with E-state index in [0.29, 0.717) is 0 Å². The average Bonchev–Trinajstić information content (AvgIpc) is 3.46. The number of aromatic nitrogens is 2. The Hall–Kier alpha value is -6.19. The van der Waals surface area contributed by atoms with Crippen molar-refractivity contribution >= 4 is 60.5 Å². The quantitative estimate of drug-likeness (QED) is 0.200. The minimum Gasteiger partial charge on any atom is -0.310 e. The Kier molecular flexibility index (Phi) is 6.14. The first kappa shape index (κ1) is 26.2. The Morgan fingerprint density at radius 3 is 1.78 bits per heavy atom. The van der Waals surface area contributed by atoms with Crippen LogP contribution in [0, 0.1) is 0 Å². The van der Waals surface area contributed by atoms with Crippen LogP contribution in [-0.4, -0.2) is 9.55 Å². The number of anilines is 3. The molecule has 0 radical (unpaired) electrons. The van der Waals surface area contributed by atoms with Crippen molar-refractivity contribution in [2.75, 3.05) is 4.90 Å². The van der Waals surface area contributed by atoms with Crippen LogP contribution in [0.25, 0.3) is 60.3 Å². The Balaban J connectivity index is 1.15. The lowest BCUT2D eigenvalue weighted by Crippen LogP contribution is -2.10. The largest absolute Gasteiger partial charge is 0.310 e. The second-order valence-electron chi connectivity index (χ2n) is 11.7. The zero-order valence-electron chi connectivity index (χ0n) is 25.1. The Bertz CT molecular complexity index is 2470. The van der Waals surface area contributed by atoms with E-state index in [1.165, 1.54) is 38.1 Å². The lowest BCUT2D eigenvalue weighted by molar-refractivity contribution is 1.17. The van der Waals surface area contributed by atoms with Gasteiger partial charge in [0, 0.05) is 50.7 Å². The van der Waals surface area contributed by atoms with Crippen molar-refractivity contribution in [1.82, 2.24) is 9.55 Å². The highest BCUT2D eigenvalue weighted by Gasteiger charge is 2.16. The van der Waals surface area contributed by atoms with E-state index in [9.17, 15) is 0 Å². The summed E-state index contributed by atoms with van der Waals surface area (Å²) < 4.78 is 2.36. The number of para-hydroxylation sites is 3. The van der Waals surface area contributed by atoms with E-state index < -0.39 is 0 Å². The average molecular weight is 588 g/mol. The molecule has 0 unspecified atom stereocenters. The second-order valence-corrected chi connectivity index (χ2v) is 11.7. The first-order valence-corrected chi connectivity index (χ1v) is 15.6. The molecule has 2 heterocycles. The third-order valence-corrected chi connectivity index (χ3v) is 8.97. The first-order chi connectivity index (χ1) is 22.8. The molecule has 0 saturated heterocycles. The Morgan fingerprint density at radius 1 is 0.413 bits per heavy atom. The first-order valence-electron chi connectivity index (χ1n) is 15.6. The maximum absolute atomic E-state index is 4.85. The van der Waals surface area contributed by atoms with Gasteiger partial charge in [0.25, 0.3) is 0 Å². The number of hydrogen-bond acceptors (Lipinski definition) is 2. The molecule has 3 nitrogen and oxygen atoms in total. The van der Waals surface area contributed by atoms with E-state index in [-0.39, 0.29) is 0 Å². The van der Waals surface area contributed by atoms with Crippen molar-refractivity contribution in [3.05, 3.63) is 176 Å². The fourth-order valence-corrected chi connectivity index (χ4v) is 6.76. The molecule has 216 valence electrons. The van der Waals surface area contributed by atoms with E-state index in [2.05, 4.69) is 179 Å². The Labute approximate surface area is 267 Å². The van der Waals surface area contributed by atoms with Crippen LogP contribution >= 0.6 is 0 Å². The summed E-state index contributed by atoms with van der Waals surface area (Å²) in [4.78, 5) is 7.17. The fourth-order valence-electron chi connectivity index (χ4n) is 6.76. The van der Waals surface area contributed by atoms with Crippen LogP contribution in [0.4, 0.5) is 17.1 Å². The molecule has 0 amide bonds. The molecule has 0 aliphatic carbocycles. The monoisotopic (exact) mass is 587 g/mol. The van der Waals surface area contributed by atoms with Crippen LogP contribution in [0.3, 0.4) is 0 Å². The molecule has 0 bridgehead atoms. The van der Waals surface area contributed by atoms with Gasteiger partial charge < -0.3 is 9.47 Å². The van der Waals surface area contributed by atoms with E-state index in [1.54, 1.807) is 0 Å². The van der Waals surface area contributed by atoms with Gasteiger partial charge in [-0.25, -0.2) is 0 Å². The van der Waals surface area contributed by atoms with Gasteiger partial charge in [0.15, 0.2) is 0 Å². The molecular weight excluding hydrogens is 558 g/mol. The molecule has 0 spiro atoms. The van der Waals surface area contributed by atoms with Crippen molar-refractivity contribution in [2.45, 2.75) is 0 Å². The fraction of sp³-hybridized carbons (Fsp3) is 0. The minimum absolute atomic E-state index is 0.975. The number of rotatable bonds is 5. The summed E-state index contributed by atoms with van der Waals surface area (Å²) in [7, 11) is 0. The van der Waals surface area contributed by atoms with Gasteiger partial charge in [-0.3, -0.25) is 4.98 Å². The molecule has 0 saturated carbocycles. The van der Waals surface area contributed by atoms with Gasteiger partial charge in [-0.15, -0.1) is 0 Å². The van der Waals surface area contributed by atoms with Crippen molar-refractivity contribution in [3.63, 3.8) is 0 Å². The zero-order valence-corrected chi connectivity index (χ0v) is 25.1. The predicted molar refractivity (Wildman–Crippen MR) is 194 cm³/mol. The zero-order chi connectivity index (χ0) is 30.5. The normalized spacial score (nSPS) is 11.5. The van der Waals surface area contributed by atoms with Gasteiger partial charge in [0.1, 0.15) is 0 Å². The summed E-state index contributed by atoms with van der Waals surface area (Å²) in [6, 6.07) is 60.6. The van der Waals surface area contributed by atoms with Gasteiger partial charge in [-0.2, -0.15) is 0 Å². The summed E-state index contributed by atoms with van der Waals surface area (Å²) in [5, 5.41) is 6.10. The summed E-state index contributed by atoms with van der Waals surface area (Å²) in [6.07, 6.45) is 1.98. The molecule has 0 aliphatic rings. The minimum atomic E-state index is 0.975. The molecule has 9 aromatic rings. The van der Waals surface area contributed by atoms with Crippen molar-refractivity contribution in [2.24, 2.45) is 0 Å². The summed E-state index contributed by atoms with van der Waals surface area (Å²) in [5.41, 5.74) is 10.1. The second kappa shape index (κ2) is 10.8. The van der Waals surface area contributed by atoms with E-state index in [4.69, 9.17) is 4.98 Å². The van der Waals surface area contributed by atoms with E-state index >= 15 is 0 Å². The molecule has 2 aromatic heterocycles. The topological polar surface area (TPSA) is 21.1 Å². The number of fused-ring (bicyclic) bond motifs is 5. The molecule has 0 aliphatic heterocycles. The highest BCUT2D eigenvalue weighted by atomic mass is 15.1. The number of benzene rings is 7. The summed E-state index contributed by atoms with van der Waals surface area (Å²) in [6.45, 7) is 0. The SMILES string of the molecule is c1ccc(N(c2ccc(-n3c4ccccc4c4ccccc43)cc2)c2ccc3ncc(-c4ccc5ccccc5c4)cc3c2)cc1. The van der Waals surface area contributed by atoms with E-state index in [1.807, 2.05) is 6.20 Å². The van der Waals surface area contributed by atoms with Crippen LogP contribution in [-0.2, 0) is 0 Å². The number of nitrogens with zero attached hydrogens (tertiary/aromatic N) is 3. The third-order valence-electron chi connectivity index (χ3n) is 8.97. The van der Waals surface area contributed by atoms with E-state index in [0.717, 1.165) is 39.2 Å². The lowest BCUT2D eigenvalue weighted by atomic mass is 10.0. The van der Waals surface area contributed by atoms with Crippen LogP contribution < -0.4 is 4.90 Å². The Morgan fingerprint density at radius 2 is 1.02 bits per heavy atom. The molecule has 3 heteroatoms. The maximum Gasteiger partial charge on any atom is 0.0703 e. The van der Waals surface area contributed by atoms with Crippen molar-refractivity contribution < 1.29 is 0 Å². The molecule has 0 fully saturated rings. The number of hydrogen-bond donors (Lipinski definition) is 0. The highest BCUT2D eigenvalue weighted by Crippen LogP contribution is 2.38. The summed E-state index contributed by atoms with van der Waals surface area (Å²) >= 11 is 0. The highest BCUT2D eigenvalue weighted by molar-refractivity contribution is 6.09. The lowest BCUT2D eigenvalue weighted by Gasteiger charge is -2.26. The van der Waals surface area contributed by atoms with Crippen LogP contribution in [0.15, 0.2) is 176 Å². The van der Waals surface area contributed by atoms with Gasteiger partial charge in [-0.05, 0) is 95.2 Å². The number of pyridine rings is 1. The predicted octanol–water partition coefficient (Wildman–Crippen LogP) is 11.6. The smallest absolute Gasteiger partial charge is 0.0703 e. The van der Waals surface area contributed by atoms with Crippen LogP contribution in [0.5, 0.6) is 0 Å². The molecule has 7 aromatic carbocycles. The maximum atomic E-state index is 4.85. The van der Waals surface area contributed by atoms with Crippen LogP contribution in [0.2, 0.25) is 0 Å². The van der Waals surface area contributed by atoms with Gasteiger partial charge >= 0.3 is 0 Å². The van der Waals surface area contributed by atoms with Crippen molar-refractivity contribution in [3.8, 4) is 16.8 Å². The van der Waals surface area contributed by atoms with Gasteiger partial charge in [-0.1, -0.05) is 91.0 Å². The third kappa shape index (κ3) is 4.41. The van der Waals surface area contributed by atoms with Crippen LogP contribution in [0.1, 0.15) is 0 Å². The van der Waals surface area contributed by atoms with Gasteiger partial charge in [0.2, 0.25) is 0 Å². The molecule has 9 rings (SSSR count). The molecule has 0 atom stereocenters. The van der Waals surface area contributed by atoms with Crippen molar-refractivity contribution in [1.29, 1.82) is 0 Å². The van der Waals surface area contributed by atoms with Gasteiger partial charge in [0.05, 0.1) is 16.6 Å². The standard InChI is InChI=1S/C43H29N3/c1-2-12-35(13-3-1)45(36-20-22-37(23-21-36)46-42-16-8-6-14-39(42)40-15-7-9-17-43(40)46)38-24-25-41-33(28-38)27-34(29-44-41)32-19-18-30-10-4-5-11-31(30)26-32/h1-29H.